The van der Waals surface area contributed by atoms with Gasteiger partial charge in [-0.05, 0) is 43.2 Å². The number of halogens is 1. The number of aromatic nitrogens is 3. The number of pyridine rings is 1. The molecule has 3 aromatic rings. The third-order valence-corrected chi connectivity index (χ3v) is 8.44. The fourth-order valence-corrected chi connectivity index (χ4v) is 5.08. The van der Waals surface area contributed by atoms with Gasteiger partial charge in [-0.2, -0.15) is 0 Å². The molecule has 0 aliphatic heterocycles. The maximum absolute atomic E-state index is 12.5. The van der Waals surface area contributed by atoms with Gasteiger partial charge in [0.05, 0.1) is 29.0 Å². The Morgan fingerprint density at radius 2 is 1.95 bits per heavy atom. The molecule has 1 aromatic carbocycles. The van der Waals surface area contributed by atoms with E-state index in [1.54, 1.807) is 13.2 Å². The minimum atomic E-state index is -3.65. The number of rotatable bonds is 12. The van der Waals surface area contributed by atoms with Crippen LogP contribution in [0, 0.1) is 11.8 Å². The Balaban J connectivity index is 1.76. The predicted molar refractivity (Wildman–Crippen MR) is 149 cm³/mol. The van der Waals surface area contributed by atoms with Gasteiger partial charge in [0.25, 0.3) is 0 Å². The molecule has 1 unspecified atom stereocenters. The SMILES string of the molecule is COCCN(CC1C[C@H]1C)c1cc(-c2nnc([C@](C)(N)Cc3ccccc3)o2)c(Cl)c(N(C)S(C)(=O)=O)n1. The summed E-state index contributed by atoms with van der Waals surface area (Å²) in [5.41, 5.74) is 7.06. The lowest BCUT2D eigenvalue weighted by molar-refractivity contribution is 0.204. The van der Waals surface area contributed by atoms with Gasteiger partial charge >= 0.3 is 0 Å². The van der Waals surface area contributed by atoms with E-state index in [4.69, 9.17) is 26.5 Å². The average molecular weight is 563 g/mol. The molecule has 1 aliphatic rings. The lowest BCUT2D eigenvalue weighted by atomic mass is 9.94. The third kappa shape index (κ3) is 6.45. The van der Waals surface area contributed by atoms with Gasteiger partial charge in [0.2, 0.25) is 21.8 Å². The van der Waals surface area contributed by atoms with Gasteiger partial charge < -0.3 is 19.8 Å². The second-order valence-electron chi connectivity index (χ2n) is 10.3. The minimum absolute atomic E-state index is 0.0764. The van der Waals surface area contributed by atoms with Crippen LogP contribution < -0.4 is 14.9 Å². The van der Waals surface area contributed by atoms with Gasteiger partial charge in [0.15, 0.2) is 5.82 Å². The summed E-state index contributed by atoms with van der Waals surface area (Å²) in [6.07, 6.45) is 2.71. The number of hydrogen-bond donors (Lipinski definition) is 1. The average Bonchev–Trinajstić information content (AvgIpc) is 3.33. The summed E-state index contributed by atoms with van der Waals surface area (Å²) in [4.78, 5) is 6.75. The Hall–Kier alpha value is -2.73. The van der Waals surface area contributed by atoms with Crippen LogP contribution in [0.1, 0.15) is 31.7 Å². The molecule has 38 heavy (non-hydrogen) atoms. The molecule has 0 spiro atoms. The standard InChI is InChI=1S/C26H35ClN6O4S/c1-17-13-19(17)16-33(11-12-36-4)21-14-20(22(27)23(29-21)32(3)38(5,34)35)24-30-31-25(37-24)26(2,28)15-18-9-7-6-8-10-18/h6-10,14,17,19H,11-13,15-16,28H2,1-5H3/t17-,19?,26-/m1/s1. The van der Waals surface area contributed by atoms with Gasteiger partial charge in [0, 0.05) is 27.2 Å². The first kappa shape index (κ1) is 28.3. The Bertz CT molecular complexity index is 1370. The van der Waals surface area contributed by atoms with Crippen LogP contribution in [-0.4, -0.2) is 63.7 Å². The number of sulfonamides is 1. The van der Waals surface area contributed by atoms with E-state index in [9.17, 15) is 8.42 Å². The molecule has 10 nitrogen and oxygen atoms in total. The zero-order chi connectivity index (χ0) is 27.7. The number of nitrogens with zero attached hydrogens (tertiary/aromatic N) is 5. The molecule has 3 atom stereocenters. The van der Waals surface area contributed by atoms with Crippen molar-refractivity contribution in [2.75, 3.05) is 49.3 Å². The molecule has 1 aliphatic carbocycles. The van der Waals surface area contributed by atoms with Crippen LogP contribution >= 0.6 is 11.6 Å². The number of hydrogen-bond acceptors (Lipinski definition) is 9. The van der Waals surface area contributed by atoms with Gasteiger partial charge in [-0.3, -0.25) is 4.31 Å². The zero-order valence-corrected chi connectivity index (χ0v) is 24.0. The summed E-state index contributed by atoms with van der Waals surface area (Å²) in [5.74, 6) is 2.14. The maximum atomic E-state index is 12.5. The van der Waals surface area contributed by atoms with Gasteiger partial charge in [-0.15, -0.1) is 10.2 Å². The van der Waals surface area contributed by atoms with Gasteiger partial charge in [0.1, 0.15) is 5.82 Å². The smallest absolute Gasteiger partial charge is 0.249 e. The number of nitrogens with two attached hydrogens (primary N) is 1. The van der Waals surface area contributed by atoms with Crippen molar-refractivity contribution in [3.8, 4) is 11.5 Å². The number of ether oxygens (including phenoxy) is 1. The highest BCUT2D eigenvalue weighted by Gasteiger charge is 2.35. The molecule has 1 saturated carbocycles. The van der Waals surface area contributed by atoms with Crippen molar-refractivity contribution >= 4 is 33.3 Å². The molecule has 2 N–H and O–H groups in total. The largest absolute Gasteiger partial charge is 0.419 e. The summed E-state index contributed by atoms with van der Waals surface area (Å²) < 4.78 is 37.3. The molecule has 1 fully saturated rings. The van der Waals surface area contributed by atoms with Crippen molar-refractivity contribution in [3.05, 3.63) is 52.9 Å². The first-order valence-corrected chi connectivity index (χ1v) is 14.7. The summed E-state index contributed by atoms with van der Waals surface area (Å²) in [7, 11) is -0.600. The van der Waals surface area contributed by atoms with Crippen LogP contribution in [0.3, 0.4) is 0 Å². The van der Waals surface area contributed by atoms with Crippen molar-refractivity contribution in [1.29, 1.82) is 0 Å². The normalized spacial score (nSPS) is 18.7. The van der Waals surface area contributed by atoms with Crippen LogP contribution in [-0.2, 0) is 26.7 Å². The van der Waals surface area contributed by atoms with Gasteiger partial charge in [-0.1, -0.05) is 48.9 Å². The second kappa shape index (κ2) is 11.2. The molecule has 0 amide bonds. The van der Waals surface area contributed by atoms with E-state index >= 15 is 0 Å². The monoisotopic (exact) mass is 562 g/mol. The molecule has 0 bridgehead atoms. The molecule has 12 heteroatoms. The summed E-state index contributed by atoms with van der Waals surface area (Å²) in [6.45, 7) is 5.84. The maximum Gasteiger partial charge on any atom is 0.249 e. The quantitative estimate of drug-likeness (QED) is 0.351. The summed E-state index contributed by atoms with van der Waals surface area (Å²) >= 11 is 6.75. The van der Waals surface area contributed by atoms with E-state index in [0.29, 0.717) is 42.8 Å². The van der Waals surface area contributed by atoms with Crippen molar-refractivity contribution in [2.24, 2.45) is 17.6 Å². The first-order chi connectivity index (χ1) is 17.9. The molecular formula is C26H35ClN6O4S. The minimum Gasteiger partial charge on any atom is -0.419 e. The van der Waals surface area contributed by atoms with Gasteiger partial charge in [-0.25, -0.2) is 13.4 Å². The van der Waals surface area contributed by atoms with Crippen LogP contribution in [0.5, 0.6) is 0 Å². The molecule has 4 rings (SSSR count). The number of anilines is 2. The molecule has 0 saturated heterocycles. The van der Waals surface area contributed by atoms with E-state index in [1.165, 1.54) is 7.05 Å². The van der Waals surface area contributed by atoms with Crippen molar-refractivity contribution < 1.29 is 17.6 Å². The number of methoxy groups -OCH3 is 1. The predicted octanol–water partition coefficient (Wildman–Crippen LogP) is 3.71. The van der Waals surface area contributed by atoms with Crippen LogP contribution in [0.15, 0.2) is 40.8 Å². The fraction of sp³-hybridized carbons (Fsp3) is 0.500. The van der Waals surface area contributed by atoms with E-state index in [2.05, 4.69) is 27.0 Å². The highest BCUT2D eigenvalue weighted by Crippen LogP contribution is 2.41. The van der Waals surface area contributed by atoms with Crippen molar-refractivity contribution in [1.82, 2.24) is 15.2 Å². The molecule has 0 radical (unpaired) electrons. The number of benzene rings is 1. The van der Waals surface area contributed by atoms with Crippen LogP contribution in [0.4, 0.5) is 11.6 Å². The molecule has 206 valence electrons. The van der Waals surface area contributed by atoms with Crippen LogP contribution in [0.25, 0.3) is 11.5 Å². The summed E-state index contributed by atoms with van der Waals surface area (Å²) in [6, 6.07) is 11.6. The summed E-state index contributed by atoms with van der Waals surface area (Å²) in [5, 5.41) is 8.56. The Morgan fingerprint density at radius 3 is 2.55 bits per heavy atom. The highest BCUT2D eigenvalue weighted by atomic mass is 35.5. The fourth-order valence-electron chi connectivity index (χ4n) is 4.28. The zero-order valence-electron chi connectivity index (χ0n) is 22.4. The Labute approximate surface area is 229 Å². The lowest BCUT2D eigenvalue weighted by Gasteiger charge is -2.26. The molecule has 2 aromatic heterocycles. The Morgan fingerprint density at radius 1 is 1.26 bits per heavy atom. The highest BCUT2D eigenvalue weighted by molar-refractivity contribution is 7.92. The van der Waals surface area contributed by atoms with E-state index in [-0.39, 0.29) is 22.6 Å². The van der Waals surface area contributed by atoms with E-state index in [1.807, 2.05) is 37.3 Å². The molecule has 2 heterocycles. The lowest BCUT2D eigenvalue weighted by Crippen LogP contribution is -2.35. The van der Waals surface area contributed by atoms with E-state index in [0.717, 1.165) is 29.1 Å². The topological polar surface area (TPSA) is 128 Å². The van der Waals surface area contributed by atoms with Crippen LogP contribution in [0.2, 0.25) is 5.02 Å². The molecular weight excluding hydrogens is 528 g/mol. The van der Waals surface area contributed by atoms with Crippen molar-refractivity contribution in [2.45, 2.75) is 32.2 Å². The third-order valence-electron chi connectivity index (χ3n) is 6.90. The first-order valence-electron chi connectivity index (χ1n) is 12.5. The van der Waals surface area contributed by atoms with E-state index < -0.39 is 15.6 Å². The van der Waals surface area contributed by atoms with Crippen molar-refractivity contribution in [3.63, 3.8) is 0 Å². The second-order valence-corrected chi connectivity index (χ2v) is 12.7. The Kier molecular flexibility index (Phi) is 8.32.